The first-order valence-corrected chi connectivity index (χ1v) is 10.7. The number of likely N-dealkylation sites (N-methyl/N-ethyl adjacent to an activating group) is 1. The number of nitrogens with zero attached hydrogens (tertiary/aromatic N) is 2. The molecular weight excluding hydrogens is 452 g/mol. The second-order valence-corrected chi connectivity index (χ2v) is 8.64. The Hall–Kier alpha value is -0.730. The van der Waals surface area contributed by atoms with E-state index < -0.39 is 12.0 Å². The summed E-state index contributed by atoms with van der Waals surface area (Å²) in [5.41, 5.74) is -0.164. The molecule has 9 heteroatoms. The number of rotatable bonds is 6. The van der Waals surface area contributed by atoms with Crippen LogP contribution in [0.25, 0.3) is 0 Å². The number of hydrogen-bond acceptors (Lipinski definition) is 4. The Morgan fingerprint density at radius 1 is 1.16 bits per heavy atom. The van der Waals surface area contributed by atoms with Gasteiger partial charge in [0, 0.05) is 38.1 Å². The average molecular weight is 487 g/mol. The van der Waals surface area contributed by atoms with Crippen molar-refractivity contribution in [2.45, 2.75) is 69.4 Å². The average Bonchev–Trinajstić information content (AvgIpc) is 2.66. The van der Waals surface area contributed by atoms with E-state index in [2.05, 4.69) is 28.5 Å². The lowest BCUT2D eigenvalue weighted by Crippen LogP contribution is -2.54. The van der Waals surface area contributed by atoms with Gasteiger partial charge in [0.2, 0.25) is 0 Å². The predicted molar refractivity (Wildman–Crippen MR) is 122 cm³/mol. The number of halogens is 5. The van der Waals surface area contributed by atoms with E-state index in [4.69, 9.17) is 0 Å². The zero-order valence-electron chi connectivity index (χ0n) is 18.2. The first-order valence-electron chi connectivity index (χ1n) is 10.7. The number of alkyl halides is 3. The summed E-state index contributed by atoms with van der Waals surface area (Å²) in [6.07, 6.45) is 0.704. The van der Waals surface area contributed by atoms with E-state index in [0.29, 0.717) is 25.4 Å². The van der Waals surface area contributed by atoms with Crippen molar-refractivity contribution in [3.8, 4) is 5.75 Å². The fourth-order valence-electron chi connectivity index (χ4n) is 4.90. The van der Waals surface area contributed by atoms with Crippen LogP contribution in [0.3, 0.4) is 0 Å². The van der Waals surface area contributed by atoms with Crippen LogP contribution in [-0.2, 0) is 0 Å². The van der Waals surface area contributed by atoms with E-state index in [9.17, 15) is 18.3 Å². The first-order chi connectivity index (χ1) is 13.7. The Morgan fingerprint density at radius 2 is 1.84 bits per heavy atom. The van der Waals surface area contributed by atoms with Crippen LogP contribution in [0.5, 0.6) is 5.75 Å². The quantitative estimate of drug-likeness (QED) is 0.596. The van der Waals surface area contributed by atoms with Crippen LogP contribution in [0, 0.1) is 0 Å². The Labute approximate surface area is 195 Å². The molecule has 1 aromatic carbocycles. The molecule has 3 rings (SSSR count). The van der Waals surface area contributed by atoms with Crippen molar-refractivity contribution in [1.29, 1.82) is 0 Å². The lowest BCUT2D eigenvalue weighted by molar-refractivity contribution is -0.274. The molecule has 1 N–H and O–H groups in total. The summed E-state index contributed by atoms with van der Waals surface area (Å²) in [4.78, 5) is 4.72. The highest BCUT2D eigenvalue weighted by Crippen LogP contribution is 2.41. The Morgan fingerprint density at radius 3 is 2.45 bits per heavy atom. The van der Waals surface area contributed by atoms with Crippen LogP contribution in [0.4, 0.5) is 13.2 Å². The third-order valence-electron chi connectivity index (χ3n) is 6.64. The van der Waals surface area contributed by atoms with Crippen LogP contribution < -0.4 is 4.74 Å². The number of aliphatic hydroxyl groups is 1. The summed E-state index contributed by atoms with van der Waals surface area (Å²) < 4.78 is 42.3. The molecule has 0 bridgehead atoms. The third-order valence-corrected chi connectivity index (χ3v) is 6.64. The summed E-state index contributed by atoms with van der Waals surface area (Å²) in [6, 6.07) is 6.66. The molecule has 1 aromatic rings. The Kier molecular flexibility index (Phi) is 10.9. The van der Waals surface area contributed by atoms with Crippen molar-refractivity contribution in [3.63, 3.8) is 0 Å². The van der Waals surface area contributed by atoms with E-state index in [1.54, 1.807) is 6.07 Å². The molecule has 180 valence electrons. The van der Waals surface area contributed by atoms with Gasteiger partial charge in [-0.05, 0) is 44.0 Å². The molecular formula is C22H35Cl2F3N2O2. The van der Waals surface area contributed by atoms with Gasteiger partial charge in [0.1, 0.15) is 5.75 Å². The van der Waals surface area contributed by atoms with Crippen LogP contribution in [-0.4, -0.2) is 66.1 Å². The highest BCUT2D eigenvalue weighted by atomic mass is 35.5. The van der Waals surface area contributed by atoms with Gasteiger partial charge in [-0.2, -0.15) is 0 Å². The van der Waals surface area contributed by atoms with Gasteiger partial charge >= 0.3 is 6.36 Å². The van der Waals surface area contributed by atoms with Crippen molar-refractivity contribution >= 4 is 24.8 Å². The fraction of sp³-hybridized carbons (Fsp3) is 0.727. The molecule has 1 saturated carbocycles. The Balaban J connectivity index is 0.00000240. The summed E-state index contributed by atoms with van der Waals surface area (Å²) in [5.74, 6) is -0.454. The van der Waals surface area contributed by atoms with E-state index in [-0.39, 0.29) is 36.5 Å². The molecule has 4 nitrogen and oxygen atoms in total. The molecule has 31 heavy (non-hydrogen) atoms. The normalized spacial score (nSPS) is 23.4. The number of piperazine rings is 1. The van der Waals surface area contributed by atoms with E-state index in [1.165, 1.54) is 12.1 Å². The zero-order chi connectivity index (χ0) is 21.1. The summed E-state index contributed by atoms with van der Waals surface area (Å²) >= 11 is 0. The predicted octanol–water partition coefficient (Wildman–Crippen LogP) is 5.23. The minimum atomic E-state index is -4.72. The topological polar surface area (TPSA) is 35.9 Å². The largest absolute Gasteiger partial charge is 0.573 e. The second kappa shape index (κ2) is 11.9. The highest BCUT2D eigenvalue weighted by Gasteiger charge is 2.41. The third kappa shape index (κ3) is 7.67. The molecule has 1 aliphatic heterocycles. The number of hydrogen-bond donors (Lipinski definition) is 1. The summed E-state index contributed by atoms with van der Waals surface area (Å²) in [7, 11) is 2.13. The van der Waals surface area contributed by atoms with Gasteiger partial charge in [0.05, 0.1) is 5.60 Å². The van der Waals surface area contributed by atoms with Crippen molar-refractivity contribution in [2.75, 3.05) is 33.2 Å². The van der Waals surface area contributed by atoms with Gasteiger partial charge in [-0.15, -0.1) is 38.0 Å². The number of benzene rings is 1. The molecule has 1 unspecified atom stereocenters. The van der Waals surface area contributed by atoms with Crippen molar-refractivity contribution in [3.05, 3.63) is 29.8 Å². The minimum absolute atomic E-state index is 0. The fourth-order valence-corrected chi connectivity index (χ4v) is 4.90. The molecule has 1 aliphatic carbocycles. The molecule has 2 atom stereocenters. The molecule has 0 radical (unpaired) electrons. The summed E-state index contributed by atoms with van der Waals surface area (Å²) in [6.45, 7) is 5.60. The maximum Gasteiger partial charge on any atom is 0.573 e. The van der Waals surface area contributed by atoms with Gasteiger partial charge < -0.3 is 14.7 Å². The van der Waals surface area contributed by atoms with Gasteiger partial charge in [-0.3, -0.25) is 4.90 Å². The maximum absolute atomic E-state index is 12.7. The monoisotopic (exact) mass is 486 g/mol. The molecule has 0 aromatic heterocycles. The second-order valence-electron chi connectivity index (χ2n) is 8.64. The van der Waals surface area contributed by atoms with Gasteiger partial charge in [-0.25, -0.2) is 0 Å². The molecule has 1 heterocycles. The van der Waals surface area contributed by atoms with Crippen molar-refractivity contribution in [1.82, 2.24) is 9.80 Å². The summed E-state index contributed by atoms with van der Waals surface area (Å²) in [5, 5.41) is 11.5. The highest BCUT2D eigenvalue weighted by molar-refractivity contribution is 5.85. The smallest absolute Gasteiger partial charge is 0.406 e. The lowest BCUT2D eigenvalue weighted by atomic mass is 9.72. The van der Waals surface area contributed by atoms with Gasteiger partial charge in [0.25, 0.3) is 0 Å². The first kappa shape index (κ1) is 28.3. The van der Waals surface area contributed by atoms with Crippen LogP contribution in [0.15, 0.2) is 24.3 Å². The van der Waals surface area contributed by atoms with Crippen LogP contribution in [0.2, 0.25) is 0 Å². The van der Waals surface area contributed by atoms with Crippen LogP contribution >= 0.6 is 24.8 Å². The van der Waals surface area contributed by atoms with Gasteiger partial charge in [0.15, 0.2) is 0 Å². The molecule has 2 fully saturated rings. The molecule has 1 saturated heterocycles. The van der Waals surface area contributed by atoms with Crippen molar-refractivity contribution in [2.24, 2.45) is 0 Å². The SMILES string of the molecule is CC[C@H]1CN(CC(c2cccc(OC(F)(F)F)c2)C2(O)CCCCC2)CCN1C.Cl.Cl. The van der Waals surface area contributed by atoms with E-state index >= 15 is 0 Å². The zero-order valence-corrected chi connectivity index (χ0v) is 19.9. The number of ether oxygens (including phenoxy) is 1. The molecule has 0 spiro atoms. The molecule has 2 aliphatic rings. The standard InChI is InChI=1S/C22H33F3N2O2.2ClH/c1-3-18-15-27(13-12-26(18)2)16-20(21(28)10-5-4-6-11-21)17-8-7-9-19(14-17)29-22(23,24)25;;/h7-9,14,18,20,28H,3-6,10-13,15-16H2,1-2H3;2*1H/t18-,20?;;/m0../s1. The Bertz CT molecular complexity index is 672. The van der Waals surface area contributed by atoms with Crippen LogP contribution in [0.1, 0.15) is 56.9 Å². The maximum atomic E-state index is 12.7. The lowest BCUT2D eigenvalue weighted by Gasteiger charge is -2.45. The van der Waals surface area contributed by atoms with E-state index in [0.717, 1.165) is 50.9 Å². The minimum Gasteiger partial charge on any atom is -0.406 e. The van der Waals surface area contributed by atoms with E-state index in [1.807, 2.05) is 6.07 Å². The molecule has 0 amide bonds. The van der Waals surface area contributed by atoms with Crippen molar-refractivity contribution < 1.29 is 23.0 Å². The van der Waals surface area contributed by atoms with Gasteiger partial charge in [-0.1, -0.05) is 38.3 Å².